The van der Waals surface area contributed by atoms with Gasteiger partial charge in [-0.05, 0) is 35.1 Å². The minimum Gasteiger partial charge on any atom is -0.299 e. The summed E-state index contributed by atoms with van der Waals surface area (Å²) in [4.78, 5) is 23.5. The summed E-state index contributed by atoms with van der Waals surface area (Å²) in [5.41, 5.74) is 4.65. The maximum Gasteiger partial charge on any atom is 0.286 e. The summed E-state index contributed by atoms with van der Waals surface area (Å²) in [6, 6.07) is 29.5. The molecule has 3 aromatic rings. The van der Waals surface area contributed by atoms with Crippen LogP contribution in [0.25, 0.3) is 0 Å². The molecule has 1 heterocycles. The van der Waals surface area contributed by atoms with Crippen LogP contribution in [-0.2, 0) is 11.2 Å². The van der Waals surface area contributed by atoms with Gasteiger partial charge < -0.3 is 0 Å². The largest absolute Gasteiger partial charge is 0.299 e. The van der Waals surface area contributed by atoms with Gasteiger partial charge in [-0.1, -0.05) is 104 Å². The third kappa shape index (κ3) is 5.24. The fourth-order valence-electron chi connectivity index (χ4n) is 4.01. The molecule has 0 bridgehead atoms. The van der Waals surface area contributed by atoms with Crippen molar-refractivity contribution in [3.05, 3.63) is 107 Å². The second-order valence-corrected chi connectivity index (χ2v) is 8.89. The average molecular weight is 431 g/mol. The highest BCUT2D eigenvalue weighted by atomic mass is 32.2. The van der Waals surface area contributed by atoms with Gasteiger partial charge in [-0.3, -0.25) is 20.2 Å². The second-order valence-electron chi connectivity index (χ2n) is 7.71. The standard InChI is InChI=1S/C26H26N2O2S/c1-2-22(19-11-5-3-6-12-19)27-24(20-13-7-4-8-14-20)21-15-9-10-18(16-21)17-23-25(29)28-26(30)31-23/h3-16,22-24,27H,2,17H2,1H3,(H,28,29,30)/t22-,23?,24?/m1/s1. The van der Waals surface area contributed by atoms with Gasteiger partial charge >= 0.3 is 0 Å². The third-order valence-electron chi connectivity index (χ3n) is 5.58. The highest BCUT2D eigenvalue weighted by Crippen LogP contribution is 2.29. The number of carbonyl (C=O) groups excluding carboxylic acids is 2. The number of carbonyl (C=O) groups is 2. The topological polar surface area (TPSA) is 58.2 Å². The van der Waals surface area contributed by atoms with Crippen LogP contribution in [0.15, 0.2) is 84.9 Å². The summed E-state index contributed by atoms with van der Waals surface area (Å²) in [6.45, 7) is 2.19. The van der Waals surface area contributed by atoms with Crippen molar-refractivity contribution in [3.63, 3.8) is 0 Å². The van der Waals surface area contributed by atoms with Crippen molar-refractivity contribution in [3.8, 4) is 0 Å². The Morgan fingerprint density at radius 3 is 2.13 bits per heavy atom. The van der Waals surface area contributed by atoms with Crippen LogP contribution in [0, 0.1) is 0 Å². The summed E-state index contributed by atoms with van der Waals surface area (Å²) in [7, 11) is 0. The smallest absolute Gasteiger partial charge is 0.286 e. The van der Waals surface area contributed by atoms with Crippen molar-refractivity contribution in [1.29, 1.82) is 0 Å². The number of rotatable bonds is 8. The zero-order chi connectivity index (χ0) is 21.6. The second kappa shape index (κ2) is 9.94. The number of thioether (sulfide) groups is 1. The first-order valence-electron chi connectivity index (χ1n) is 10.6. The molecule has 0 aliphatic carbocycles. The highest BCUT2D eigenvalue weighted by molar-refractivity contribution is 8.15. The Morgan fingerprint density at radius 1 is 0.871 bits per heavy atom. The Balaban J connectivity index is 1.63. The van der Waals surface area contributed by atoms with Crippen molar-refractivity contribution in [1.82, 2.24) is 10.6 Å². The summed E-state index contributed by atoms with van der Waals surface area (Å²) in [6.07, 6.45) is 1.50. The van der Waals surface area contributed by atoms with Crippen molar-refractivity contribution in [2.75, 3.05) is 0 Å². The zero-order valence-electron chi connectivity index (χ0n) is 17.5. The molecule has 0 spiro atoms. The lowest BCUT2D eigenvalue weighted by molar-refractivity contribution is -0.118. The molecule has 4 rings (SSSR count). The normalized spacial score (nSPS) is 17.9. The Hall–Kier alpha value is -2.89. The van der Waals surface area contributed by atoms with Crippen LogP contribution in [0.4, 0.5) is 4.79 Å². The summed E-state index contributed by atoms with van der Waals surface area (Å²) in [5, 5.41) is 5.60. The number of benzene rings is 3. The Labute approximate surface area is 187 Å². The van der Waals surface area contributed by atoms with Crippen molar-refractivity contribution in [2.45, 2.75) is 37.1 Å². The van der Waals surface area contributed by atoms with Gasteiger partial charge in [-0.25, -0.2) is 0 Å². The van der Waals surface area contributed by atoms with Crippen LogP contribution in [0.2, 0.25) is 0 Å². The molecule has 31 heavy (non-hydrogen) atoms. The van der Waals surface area contributed by atoms with Gasteiger partial charge in [0.1, 0.15) is 0 Å². The fraction of sp³-hybridized carbons (Fsp3) is 0.231. The van der Waals surface area contributed by atoms with Crippen LogP contribution in [0.1, 0.15) is 47.7 Å². The maximum atomic E-state index is 12.0. The first-order valence-corrected chi connectivity index (χ1v) is 11.5. The van der Waals surface area contributed by atoms with Crippen LogP contribution in [0.5, 0.6) is 0 Å². The van der Waals surface area contributed by atoms with Gasteiger partial charge in [0, 0.05) is 6.04 Å². The molecule has 2 N–H and O–H groups in total. The molecule has 0 saturated carbocycles. The molecule has 0 aromatic heterocycles. The van der Waals surface area contributed by atoms with Gasteiger partial charge in [-0.15, -0.1) is 0 Å². The van der Waals surface area contributed by atoms with E-state index in [1.54, 1.807) is 0 Å². The van der Waals surface area contributed by atoms with Gasteiger partial charge in [0.2, 0.25) is 5.91 Å². The Kier molecular flexibility index (Phi) is 6.85. The highest BCUT2D eigenvalue weighted by Gasteiger charge is 2.31. The molecule has 2 unspecified atom stereocenters. The predicted molar refractivity (Wildman–Crippen MR) is 126 cm³/mol. The Morgan fingerprint density at radius 2 is 1.52 bits per heavy atom. The van der Waals surface area contributed by atoms with E-state index in [0.29, 0.717) is 6.42 Å². The summed E-state index contributed by atoms with van der Waals surface area (Å²) >= 11 is 1.08. The van der Waals surface area contributed by atoms with E-state index in [4.69, 9.17) is 0 Å². The van der Waals surface area contributed by atoms with E-state index in [0.717, 1.165) is 29.3 Å². The van der Waals surface area contributed by atoms with E-state index < -0.39 is 0 Å². The van der Waals surface area contributed by atoms with Crippen LogP contribution < -0.4 is 10.6 Å². The average Bonchev–Trinajstić information content (AvgIpc) is 3.12. The molecule has 1 fully saturated rings. The van der Waals surface area contributed by atoms with E-state index in [9.17, 15) is 9.59 Å². The number of hydrogen-bond acceptors (Lipinski definition) is 4. The maximum absolute atomic E-state index is 12.0. The monoisotopic (exact) mass is 430 g/mol. The quantitative estimate of drug-likeness (QED) is 0.502. The minimum atomic E-state index is -0.362. The van der Waals surface area contributed by atoms with Crippen LogP contribution in [-0.4, -0.2) is 16.4 Å². The van der Waals surface area contributed by atoms with Gasteiger partial charge in [0.05, 0.1) is 11.3 Å². The number of nitrogens with one attached hydrogen (secondary N) is 2. The fourth-order valence-corrected chi connectivity index (χ4v) is 4.87. The Bertz CT molecular complexity index is 1040. The van der Waals surface area contributed by atoms with E-state index >= 15 is 0 Å². The van der Waals surface area contributed by atoms with Crippen LogP contribution in [0.3, 0.4) is 0 Å². The first kappa shape index (κ1) is 21.3. The third-order valence-corrected chi connectivity index (χ3v) is 6.56. The number of amides is 2. The molecule has 0 radical (unpaired) electrons. The first-order chi connectivity index (χ1) is 15.1. The lowest BCUT2D eigenvalue weighted by atomic mass is 9.93. The molecule has 2 amide bonds. The molecule has 1 saturated heterocycles. The molecule has 4 nitrogen and oxygen atoms in total. The summed E-state index contributed by atoms with van der Waals surface area (Å²) in [5.74, 6) is -0.201. The van der Waals surface area contributed by atoms with E-state index in [2.05, 4.69) is 78.2 Å². The molecule has 1 aliphatic rings. The number of imide groups is 1. The molecule has 3 atom stereocenters. The van der Waals surface area contributed by atoms with Gasteiger partial charge in [-0.2, -0.15) is 0 Å². The van der Waals surface area contributed by atoms with Crippen molar-refractivity contribution in [2.24, 2.45) is 0 Å². The predicted octanol–water partition coefficient (Wildman–Crippen LogP) is 5.41. The zero-order valence-corrected chi connectivity index (χ0v) is 18.3. The molecule has 158 valence electrons. The minimum absolute atomic E-state index is 0.0120. The van der Waals surface area contributed by atoms with Crippen molar-refractivity contribution < 1.29 is 9.59 Å². The van der Waals surface area contributed by atoms with E-state index in [-0.39, 0.29) is 28.5 Å². The summed E-state index contributed by atoms with van der Waals surface area (Å²) < 4.78 is 0. The lowest BCUT2D eigenvalue weighted by Crippen LogP contribution is -2.27. The van der Waals surface area contributed by atoms with Crippen molar-refractivity contribution >= 4 is 22.9 Å². The van der Waals surface area contributed by atoms with Gasteiger partial charge in [0.15, 0.2) is 0 Å². The SMILES string of the molecule is CC[C@@H](NC(c1ccccc1)c1cccc(CC2SC(=O)NC2=O)c1)c1ccccc1. The van der Waals surface area contributed by atoms with Gasteiger partial charge in [0.25, 0.3) is 5.24 Å². The molecular formula is C26H26N2O2S. The molecular weight excluding hydrogens is 404 g/mol. The van der Waals surface area contributed by atoms with E-state index in [1.807, 2.05) is 24.3 Å². The van der Waals surface area contributed by atoms with Crippen LogP contribution >= 0.6 is 11.8 Å². The lowest BCUT2D eigenvalue weighted by Gasteiger charge is -2.27. The molecule has 5 heteroatoms. The molecule has 3 aromatic carbocycles. The molecule has 1 aliphatic heterocycles. The van der Waals surface area contributed by atoms with E-state index in [1.165, 1.54) is 11.1 Å². The number of hydrogen-bond donors (Lipinski definition) is 2.